The second kappa shape index (κ2) is 14.7. The highest BCUT2D eigenvalue weighted by molar-refractivity contribution is 6.36. The quantitative estimate of drug-likeness (QED) is 0.273. The van der Waals surface area contributed by atoms with E-state index in [0.29, 0.717) is 50.9 Å². The van der Waals surface area contributed by atoms with Gasteiger partial charge < -0.3 is 24.2 Å². The molecule has 11 nitrogen and oxygen atoms in total. The summed E-state index contributed by atoms with van der Waals surface area (Å²) in [7, 11) is 0. The first-order chi connectivity index (χ1) is 26.0. The number of anilines is 2. The van der Waals surface area contributed by atoms with E-state index in [4.69, 9.17) is 31.0 Å². The summed E-state index contributed by atoms with van der Waals surface area (Å²) in [5.74, 6) is 0.849. The number of carbonyl (C=O) groups excluding carboxylic acids is 1. The molecule has 0 N–H and O–H groups in total. The molecule has 12 heteroatoms. The molecule has 53 heavy (non-hydrogen) atoms. The van der Waals surface area contributed by atoms with Crippen LogP contribution in [-0.2, 0) is 22.5 Å². The van der Waals surface area contributed by atoms with Crippen LogP contribution in [0, 0.1) is 11.3 Å². The van der Waals surface area contributed by atoms with E-state index in [1.807, 2.05) is 23.1 Å². The maximum absolute atomic E-state index is 13.6. The highest BCUT2D eigenvalue weighted by Crippen LogP contribution is 2.40. The predicted molar refractivity (Wildman–Crippen MR) is 205 cm³/mol. The van der Waals surface area contributed by atoms with Gasteiger partial charge in [0.05, 0.1) is 54.5 Å². The molecule has 5 fully saturated rings. The first kappa shape index (κ1) is 34.8. The summed E-state index contributed by atoms with van der Waals surface area (Å²) in [6.07, 6.45) is 11.8. The summed E-state index contributed by atoms with van der Waals surface area (Å²) < 4.78 is 12.3. The number of hydrogen-bond acceptors (Lipinski definition) is 10. The number of benzene rings is 2. The molecule has 6 aliphatic heterocycles. The van der Waals surface area contributed by atoms with Gasteiger partial charge in [-0.3, -0.25) is 14.6 Å². The number of morpholine rings is 1. The molecule has 7 heterocycles. The van der Waals surface area contributed by atoms with E-state index in [2.05, 4.69) is 49.9 Å². The molecule has 2 aromatic carbocycles. The molecule has 3 atom stereocenters. The van der Waals surface area contributed by atoms with E-state index in [0.717, 1.165) is 110 Å². The molecule has 0 aliphatic carbocycles. The summed E-state index contributed by atoms with van der Waals surface area (Å²) >= 11 is 6.79. The Morgan fingerprint density at radius 1 is 1.02 bits per heavy atom. The monoisotopic (exact) mass is 736 g/mol. The van der Waals surface area contributed by atoms with Crippen LogP contribution in [0.4, 0.5) is 11.5 Å². The number of amides is 1. The van der Waals surface area contributed by atoms with Gasteiger partial charge in [-0.1, -0.05) is 41.9 Å². The molecular formula is C41H49ClN8O3. The van der Waals surface area contributed by atoms with Crippen LogP contribution >= 0.6 is 11.6 Å². The van der Waals surface area contributed by atoms with Crippen LogP contribution < -0.4 is 14.5 Å². The number of hydrogen-bond donors (Lipinski definition) is 0. The van der Waals surface area contributed by atoms with Gasteiger partial charge in [0.2, 0.25) is 5.91 Å². The van der Waals surface area contributed by atoms with Gasteiger partial charge >= 0.3 is 6.01 Å². The molecule has 278 valence electrons. The SMILES string of the molecule is N#CC[C@H]1CN(c2nc(OCC34CCCN3CCC4)nc3c2CCN(c2cccc4cccc(Cl)c24)C3)CCN1C(=O)/C=C/CN1[C@@H]2CC[C@H]1COC2. The second-order valence-electron chi connectivity index (χ2n) is 15.8. The minimum atomic E-state index is -0.247. The van der Waals surface area contributed by atoms with Gasteiger partial charge in [0.1, 0.15) is 12.4 Å². The largest absolute Gasteiger partial charge is 0.461 e. The number of nitrogens with zero attached hydrogens (tertiary/aromatic N) is 8. The summed E-state index contributed by atoms with van der Waals surface area (Å²) in [4.78, 5) is 35.5. The fourth-order valence-corrected chi connectivity index (χ4v) is 10.4. The van der Waals surface area contributed by atoms with Gasteiger partial charge in [0.25, 0.3) is 0 Å². The van der Waals surface area contributed by atoms with Crippen LogP contribution in [0.1, 0.15) is 56.2 Å². The molecule has 0 saturated carbocycles. The molecule has 1 amide bonds. The fourth-order valence-electron chi connectivity index (χ4n) is 10.1. The van der Waals surface area contributed by atoms with Crippen LogP contribution in [0.2, 0.25) is 5.02 Å². The third kappa shape index (κ3) is 6.62. The number of nitriles is 1. The van der Waals surface area contributed by atoms with Crippen molar-refractivity contribution in [2.45, 2.75) is 81.6 Å². The van der Waals surface area contributed by atoms with Crippen molar-refractivity contribution in [3.8, 4) is 12.1 Å². The van der Waals surface area contributed by atoms with E-state index < -0.39 is 0 Å². The molecule has 2 bridgehead atoms. The fraction of sp³-hybridized carbons (Fsp3) is 0.561. The first-order valence-corrected chi connectivity index (χ1v) is 20.0. The Balaban J connectivity index is 0.974. The van der Waals surface area contributed by atoms with Gasteiger partial charge in [-0.05, 0) is 75.6 Å². The van der Waals surface area contributed by atoms with Crippen LogP contribution in [0.25, 0.3) is 10.8 Å². The van der Waals surface area contributed by atoms with E-state index >= 15 is 0 Å². The third-order valence-corrected chi connectivity index (χ3v) is 13.2. The number of aromatic nitrogens is 2. The third-order valence-electron chi connectivity index (χ3n) is 12.8. The van der Waals surface area contributed by atoms with Crippen molar-refractivity contribution in [3.05, 3.63) is 64.8 Å². The van der Waals surface area contributed by atoms with Crippen LogP contribution in [0.5, 0.6) is 6.01 Å². The molecule has 5 saturated heterocycles. The Hall–Kier alpha value is -3.95. The number of piperazine rings is 1. The highest BCUT2D eigenvalue weighted by atomic mass is 35.5. The van der Waals surface area contributed by atoms with Gasteiger partial charge in [-0.2, -0.15) is 15.2 Å². The van der Waals surface area contributed by atoms with E-state index in [1.54, 1.807) is 6.08 Å². The topological polar surface area (TPSA) is 101 Å². The summed E-state index contributed by atoms with van der Waals surface area (Å²) in [6.45, 7) is 8.24. The zero-order valence-corrected chi connectivity index (χ0v) is 31.2. The minimum Gasteiger partial charge on any atom is -0.461 e. The van der Waals surface area contributed by atoms with E-state index in [-0.39, 0.29) is 23.9 Å². The average molecular weight is 737 g/mol. The lowest BCUT2D eigenvalue weighted by Crippen LogP contribution is -2.55. The lowest BCUT2D eigenvalue weighted by atomic mass is 9.95. The lowest BCUT2D eigenvalue weighted by Gasteiger charge is -2.42. The van der Waals surface area contributed by atoms with Crippen molar-refractivity contribution in [1.82, 2.24) is 24.7 Å². The molecule has 0 radical (unpaired) electrons. The number of rotatable bonds is 9. The zero-order valence-electron chi connectivity index (χ0n) is 30.5. The molecule has 6 aliphatic rings. The van der Waals surface area contributed by atoms with Gasteiger partial charge in [-0.25, -0.2) is 0 Å². The Kier molecular flexibility index (Phi) is 9.65. The van der Waals surface area contributed by atoms with Crippen LogP contribution in [0.15, 0.2) is 48.6 Å². The number of ether oxygens (including phenoxy) is 2. The van der Waals surface area contributed by atoms with Crippen molar-refractivity contribution in [1.29, 1.82) is 5.26 Å². The Bertz CT molecular complexity index is 1900. The van der Waals surface area contributed by atoms with Gasteiger partial charge in [0, 0.05) is 67.5 Å². The van der Waals surface area contributed by atoms with Crippen molar-refractivity contribution < 1.29 is 14.3 Å². The average Bonchev–Trinajstić information content (AvgIpc) is 3.82. The summed E-state index contributed by atoms with van der Waals surface area (Å²) in [6, 6.07) is 15.8. The van der Waals surface area contributed by atoms with Gasteiger partial charge in [-0.15, -0.1) is 0 Å². The Morgan fingerprint density at radius 2 is 1.81 bits per heavy atom. The first-order valence-electron chi connectivity index (χ1n) is 19.6. The molecule has 9 rings (SSSR count). The normalized spacial score (nSPS) is 25.6. The summed E-state index contributed by atoms with van der Waals surface area (Å²) in [5, 5.41) is 12.8. The zero-order chi connectivity index (χ0) is 35.9. The van der Waals surface area contributed by atoms with E-state index in [9.17, 15) is 10.1 Å². The maximum atomic E-state index is 13.6. The van der Waals surface area contributed by atoms with Gasteiger partial charge in [0.15, 0.2) is 0 Å². The van der Waals surface area contributed by atoms with Crippen LogP contribution in [0.3, 0.4) is 0 Å². The molecule has 1 aromatic heterocycles. The molecule has 0 spiro atoms. The Labute approximate surface area is 317 Å². The van der Waals surface area contributed by atoms with Crippen molar-refractivity contribution >= 4 is 39.8 Å². The molecule has 0 unspecified atom stereocenters. The Morgan fingerprint density at radius 3 is 2.60 bits per heavy atom. The lowest BCUT2D eigenvalue weighted by molar-refractivity contribution is -0.128. The van der Waals surface area contributed by atoms with Crippen molar-refractivity contribution in [2.75, 3.05) is 75.4 Å². The van der Waals surface area contributed by atoms with E-state index in [1.165, 1.54) is 12.8 Å². The maximum Gasteiger partial charge on any atom is 0.318 e. The highest BCUT2D eigenvalue weighted by Gasteiger charge is 2.45. The predicted octanol–water partition coefficient (Wildman–Crippen LogP) is 5.20. The van der Waals surface area contributed by atoms with Crippen LogP contribution in [-0.4, -0.2) is 120 Å². The number of fused-ring (bicyclic) bond motifs is 5. The standard InChI is InChI=1S/C41H49ClN8O3/c42-34-8-1-6-29-7-2-9-36(38(29)34)46-21-14-33-35(25-46)44-40(53-28-41-15-4-18-48(41)19-5-16-41)45-39(33)47-22-23-50(30(24-47)13-17-43)37(51)10-3-20-49-31-11-12-32(49)27-52-26-31/h1-3,6-10,30-32H,4-5,11-16,18-28H2/b10-3+/t30-,31-,32+/m0/s1. The minimum absolute atomic E-state index is 0.0272. The summed E-state index contributed by atoms with van der Waals surface area (Å²) in [5.41, 5.74) is 3.26. The molecule has 3 aromatic rings. The number of halogens is 1. The van der Waals surface area contributed by atoms with Crippen molar-refractivity contribution in [3.63, 3.8) is 0 Å². The second-order valence-corrected chi connectivity index (χ2v) is 16.2. The smallest absolute Gasteiger partial charge is 0.318 e. The van der Waals surface area contributed by atoms with Crippen molar-refractivity contribution in [2.24, 2.45) is 0 Å². The number of carbonyl (C=O) groups is 1. The molecular weight excluding hydrogens is 688 g/mol.